The molecule has 2 aromatic carbocycles. The lowest BCUT2D eigenvalue weighted by molar-refractivity contribution is -0.141. The number of carbonyl (C=O) groups is 2. The molecule has 1 saturated carbocycles. The summed E-state index contributed by atoms with van der Waals surface area (Å²) < 4.78 is 40.6. The standard InChI is InChI=1S/C27H34Cl2FN3O4S/c1-19(27(35)31-22-10-4-3-5-11-22)32(18-20-9-6-7-12-24(20)30)26(34)13-8-16-33(38(2,36)37)25-17-21(28)14-15-23(25)29/h6-7,9,12,14-15,17,19,22H,3-5,8,10-11,13,16,18H2,1-2H3,(H,31,35)/t19-/m0/s1. The third kappa shape index (κ3) is 8.32. The number of rotatable bonds is 11. The van der Waals surface area contributed by atoms with Crippen LogP contribution in [0, 0.1) is 5.82 Å². The maximum Gasteiger partial charge on any atom is 0.242 e. The lowest BCUT2D eigenvalue weighted by Gasteiger charge is -2.31. The third-order valence-electron chi connectivity index (χ3n) is 6.75. The first-order chi connectivity index (χ1) is 18.0. The fourth-order valence-corrected chi connectivity index (χ4v) is 6.03. The lowest BCUT2D eigenvalue weighted by Crippen LogP contribution is -2.50. The summed E-state index contributed by atoms with van der Waals surface area (Å²) in [5.41, 5.74) is 0.513. The van der Waals surface area contributed by atoms with E-state index in [9.17, 15) is 22.4 Å². The van der Waals surface area contributed by atoms with Gasteiger partial charge in [0.15, 0.2) is 0 Å². The van der Waals surface area contributed by atoms with E-state index in [0.717, 1.165) is 42.7 Å². The fraction of sp³-hybridized carbons (Fsp3) is 0.481. The zero-order valence-electron chi connectivity index (χ0n) is 21.6. The molecule has 0 bridgehead atoms. The highest BCUT2D eigenvalue weighted by Crippen LogP contribution is 2.31. The summed E-state index contributed by atoms with van der Waals surface area (Å²) in [6.07, 6.45) is 6.17. The minimum Gasteiger partial charge on any atom is -0.352 e. The molecule has 0 aliphatic heterocycles. The summed E-state index contributed by atoms with van der Waals surface area (Å²) >= 11 is 12.3. The summed E-state index contributed by atoms with van der Waals surface area (Å²) in [6.45, 7) is 1.52. The summed E-state index contributed by atoms with van der Waals surface area (Å²) in [4.78, 5) is 27.8. The van der Waals surface area contributed by atoms with Gasteiger partial charge in [0, 0.05) is 36.1 Å². The van der Waals surface area contributed by atoms with E-state index in [-0.39, 0.29) is 54.5 Å². The Hall–Kier alpha value is -2.36. The zero-order valence-corrected chi connectivity index (χ0v) is 24.0. The molecule has 0 saturated heterocycles. The zero-order chi connectivity index (χ0) is 27.9. The molecule has 2 amide bonds. The number of hydrogen-bond donors (Lipinski definition) is 1. The van der Waals surface area contributed by atoms with Gasteiger partial charge in [-0.3, -0.25) is 13.9 Å². The van der Waals surface area contributed by atoms with Crippen LogP contribution in [0.25, 0.3) is 0 Å². The molecule has 0 unspecified atom stereocenters. The van der Waals surface area contributed by atoms with Crippen LogP contribution in [-0.4, -0.2) is 50.0 Å². The minimum absolute atomic E-state index is 0.0270. The molecule has 0 aromatic heterocycles. The normalized spacial score (nSPS) is 15.1. The number of benzene rings is 2. The first kappa shape index (κ1) is 30.2. The van der Waals surface area contributed by atoms with Crippen LogP contribution in [0.15, 0.2) is 42.5 Å². The van der Waals surface area contributed by atoms with Gasteiger partial charge in [0.25, 0.3) is 0 Å². The Balaban J connectivity index is 1.75. The maximum absolute atomic E-state index is 14.5. The molecule has 1 aliphatic rings. The van der Waals surface area contributed by atoms with Crippen molar-refractivity contribution in [1.82, 2.24) is 10.2 Å². The van der Waals surface area contributed by atoms with E-state index in [4.69, 9.17) is 23.2 Å². The van der Waals surface area contributed by atoms with Crippen LogP contribution in [-0.2, 0) is 26.2 Å². The average molecular weight is 587 g/mol. The molecular weight excluding hydrogens is 552 g/mol. The van der Waals surface area contributed by atoms with Gasteiger partial charge in [-0.2, -0.15) is 0 Å². The predicted octanol–water partition coefficient (Wildman–Crippen LogP) is 5.54. The second-order valence-corrected chi connectivity index (χ2v) is 12.4. The van der Waals surface area contributed by atoms with E-state index in [1.807, 2.05) is 0 Å². The van der Waals surface area contributed by atoms with E-state index < -0.39 is 21.9 Å². The summed E-state index contributed by atoms with van der Waals surface area (Å²) in [6, 6.07) is 9.86. The first-order valence-electron chi connectivity index (χ1n) is 12.7. The van der Waals surface area contributed by atoms with Crippen molar-refractivity contribution in [2.45, 2.75) is 70.5 Å². The molecule has 0 spiro atoms. The van der Waals surface area contributed by atoms with Crippen molar-refractivity contribution in [2.75, 3.05) is 17.1 Å². The van der Waals surface area contributed by atoms with E-state index in [2.05, 4.69) is 5.32 Å². The predicted molar refractivity (Wildman–Crippen MR) is 149 cm³/mol. The van der Waals surface area contributed by atoms with Gasteiger partial charge >= 0.3 is 0 Å². The van der Waals surface area contributed by atoms with Crippen LogP contribution < -0.4 is 9.62 Å². The Labute approximate surface area is 234 Å². The first-order valence-corrected chi connectivity index (χ1v) is 15.3. The van der Waals surface area contributed by atoms with Crippen molar-refractivity contribution in [1.29, 1.82) is 0 Å². The number of nitrogens with one attached hydrogen (secondary N) is 1. The van der Waals surface area contributed by atoms with E-state index in [1.54, 1.807) is 31.2 Å². The molecule has 208 valence electrons. The summed E-state index contributed by atoms with van der Waals surface area (Å²) in [5, 5.41) is 3.57. The number of anilines is 1. The van der Waals surface area contributed by atoms with Crippen LogP contribution >= 0.6 is 23.2 Å². The molecule has 1 N–H and O–H groups in total. The van der Waals surface area contributed by atoms with Gasteiger partial charge in [-0.25, -0.2) is 12.8 Å². The van der Waals surface area contributed by atoms with Gasteiger partial charge in [0.1, 0.15) is 11.9 Å². The molecule has 11 heteroatoms. The molecule has 2 aromatic rings. The number of nitrogens with zero attached hydrogens (tertiary/aromatic N) is 2. The Morgan fingerprint density at radius 2 is 1.79 bits per heavy atom. The van der Waals surface area contributed by atoms with Gasteiger partial charge in [0.2, 0.25) is 21.8 Å². The van der Waals surface area contributed by atoms with Gasteiger partial charge in [-0.05, 0) is 50.5 Å². The van der Waals surface area contributed by atoms with E-state index in [0.29, 0.717) is 10.6 Å². The highest BCUT2D eigenvalue weighted by Gasteiger charge is 2.29. The summed E-state index contributed by atoms with van der Waals surface area (Å²) in [5.74, 6) is -1.14. The van der Waals surface area contributed by atoms with Crippen LogP contribution in [0.4, 0.5) is 10.1 Å². The average Bonchev–Trinajstić information content (AvgIpc) is 2.87. The Morgan fingerprint density at radius 1 is 1.11 bits per heavy atom. The van der Waals surface area contributed by atoms with Crippen molar-refractivity contribution >= 4 is 50.7 Å². The molecular formula is C27H34Cl2FN3O4S. The quantitative estimate of drug-likeness (QED) is 0.375. The van der Waals surface area contributed by atoms with Crippen molar-refractivity contribution < 1.29 is 22.4 Å². The molecule has 7 nitrogen and oxygen atoms in total. The molecule has 3 rings (SSSR count). The topological polar surface area (TPSA) is 86.8 Å². The number of amides is 2. The SMILES string of the molecule is C[C@@H](C(=O)NC1CCCCC1)N(Cc1ccccc1F)C(=O)CCCN(c1cc(Cl)ccc1Cl)S(C)(=O)=O. The molecule has 1 aliphatic carbocycles. The van der Waals surface area contributed by atoms with Crippen LogP contribution in [0.2, 0.25) is 10.0 Å². The Morgan fingerprint density at radius 3 is 2.45 bits per heavy atom. The van der Waals surface area contributed by atoms with Crippen molar-refractivity contribution in [3.63, 3.8) is 0 Å². The van der Waals surface area contributed by atoms with Crippen LogP contribution in [0.5, 0.6) is 0 Å². The van der Waals surface area contributed by atoms with Crippen LogP contribution in [0.1, 0.15) is 57.4 Å². The molecule has 0 radical (unpaired) electrons. The van der Waals surface area contributed by atoms with Gasteiger partial charge < -0.3 is 10.2 Å². The number of sulfonamides is 1. The number of hydrogen-bond acceptors (Lipinski definition) is 4. The third-order valence-corrected chi connectivity index (χ3v) is 8.48. The second kappa shape index (κ2) is 13.6. The molecule has 38 heavy (non-hydrogen) atoms. The van der Waals surface area contributed by atoms with Crippen molar-refractivity contribution in [2.24, 2.45) is 0 Å². The molecule has 1 atom stereocenters. The Bertz CT molecular complexity index is 1240. The van der Waals surface area contributed by atoms with E-state index in [1.165, 1.54) is 23.1 Å². The van der Waals surface area contributed by atoms with Gasteiger partial charge in [-0.15, -0.1) is 0 Å². The van der Waals surface area contributed by atoms with Gasteiger partial charge in [-0.1, -0.05) is 60.7 Å². The second-order valence-electron chi connectivity index (χ2n) is 9.67. The maximum atomic E-state index is 14.5. The van der Waals surface area contributed by atoms with Crippen molar-refractivity contribution in [3.8, 4) is 0 Å². The molecule has 0 heterocycles. The highest BCUT2D eigenvalue weighted by molar-refractivity contribution is 7.92. The number of carbonyl (C=O) groups excluding carboxylic acids is 2. The van der Waals surface area contributed by atoms with Crippen LogP contribution in [0.3, 0.4) is 0 Å². The van der Waals surface area contributed by atoms with Gasteiger partial charge in [0.05, 0.1) is 17.0 Å². The largest absolute Gasteiger partial charge is 0.352 e. The van der Waals surface area contributed by atoms with Crippen molar-refractivity contribution in [3.05, 3.63) is 63.9 Å². The fourth-order valence-electron chi connectivity index (χ4n) is 4.62. The summed E-state index contributed by atoms with van der Waals surface area (Å²) in [7, 11) is -3.72. The van der Waals surface area contributed by atoms with E-state index >= 15 is 0 Å². The minimum atomic E-state index is -3.72. The molecule has 1 fully saturated rings. The highest BCUT2D eigenvalue weighted by atomic mass is 35.5. The monoisotopic (exact) mass is 585 g/mol. The number of halogens is 3. The lowest BCUT2D eigenvalue weighted by atomic mass is 9.95. The Kier molecular flexibility index (Phi) is 10.8. The smallest absolute Gasteiger partial charge is 0.242 e.